The number of benzene rings is 1. The third-order valence-corrected chi connectivity index (χ3v) is 3.14. The third-order valence-electron chi connectivity index (χ3n) is 3.14. The van der Waals surface area contributed by atoms with Crippen molar-refractivity contribution in [1.82, 2.24) is 5.16 Å². The summed E-state index contributed by atoms with van der Waals surface area (Å²) < 4.78 is 5.38. The molecule has 0 spiro atoms. The van der Waals surface area contributed by atoms with Gasteiger partial charge in [-0.25, -0.2) is 0 Å². The number of rotatable bonds is 1. The Hall–Kier alpha value is -1.61. The van der Waals surface area contributed by atoms with Crippen LogP contribution in [0, 0.1) is 0 Å². The molecule has 2 N–H and O–H groups in total. The summed E-state index contributed by atoms with van der Waals surface area (Å²) in [4.78, 5) is 0. The zero-order chi connectivity index (χ0) is 11.0. The van der Waals surface area contributed by atoms with Gasteiger partial charge in [-0.1, -0.05) is 35.5 Å². The molecule has 16 heavy (non-hydrogen) atoms. The van der Waals surface area contributed by atoms with Crippen molar-refractivity contribution in [3.05, 3.63) is 41.7 Å². The summed E-state index contributed by atoms with van der Waals surface area (Å²) in [7, 11) is 0. The normalized spacial score (nSPS) is 19.4. The zero-order valence-electron chi connectivity index (χ0n) is 9.02. The molecule has 0 aliphatic heterocycles. The van der Waals surface area contributed by atoms with Gasteiger partial charge in [0.2, 0.25) is 0 Å². The van der Waals surface area contributed by atoms with E-state index in [-0.39, 0.29) is 6.04 Å². The highest BCUT2D eigenvalue weighted by Gasteiger charge is 2.25. The minimum Gasteiger partial charge on any atom is -0.360 e. The highest BCUT2D eigenvalue weighted by atomic mass is 16.5. The van der Waals surface area contributed by atoms with E-state index in [9.17, 15) is 0 Å². The number of hydrogen-bond acceptors (Lipinski definition) is 3. The number of nitrogens with zero attached hydrogens (tertiary/aromatic N) is 1. The first-order valence-corrected chi connectivity index (χ1v) is 5.65. The van der Waals surface area contributed by atoms with Crippen LogP contribution in [0.3, 0.4) is 0 Å². The van der Waals surface area contributed by atoms with Gasteiger partial charge in [0.25, 0.3) is 0 Å². The van der Waals surface area contributed by atoms with Crippen molar-refractivity contribution in [2.75, 3.05) is 0 Å². The van der Waals surface area contributed by atoms with Crippen molar-refractivity contribution in [1.29, 1.82) is 0 Å². The third kappa shape index (κ3) is 1.44. The zero-order valence-corrected chi connectivity index (χ0v) is 9.02. The lowest BCUT2D eigenvalue weighted by Crippen LogP contribution is -2.16. The van der Waals surface area contributed by atoms with Crippen molar-refractivity contribution >= 4 is 0 Å². The highest BCUT2D eigenvalue weighted by molar-refractivity contribution is 5.64. The average molecular weight is 214 g/mol. The summed E-state index contributed by atoms with van der Waals surface area (Å²) in [5.74, 6) is 0.970. The van der Waals surface area contributed by atoms with Crippen LogP contribution in [0.1, 0.15) is 30.2 Å². The van der Waals surface area contributed by atoms with Gasteiger partial charge in [-0.15, -0.1) is 0 Å². The maximum Gasteiger partial charge on any atom is 0.142 e. The van der Waals surface area contributed by atoms with Crippen LogP contribution < -0.4 is 5.73 Å². The molecule has 1 aromatic carbocycles. The van der Waals surface area contributed by atoms with Crippen LogP contribution in [0.4, 0.5) is 0 Å². The molecular formula is C13H14N2O. The van der Waals surface area contributed by atoms with Crippen molar-refractivity contribution < 1.29 is 4.52 Å². The van der Waals surface area contributed by atoms with Crippen LogP contribution in [0.5, 0.6) is 0 Å². The molecule has 0 saturated carbocycles. The van der Waals surface area contributed by atoms with E-state index in [1.165, 1.54) is 0 Å². The van der Waals surface area contributed by atoms with E-state index in [1.54, 1.807) is 0 Å². The monoisotopic (exact) mass is 214 g/mol. The van der Waals surface area contributed by atoms with Gasteiger partial charge in [0, 0.05) is 23.6 Å². The summed E-state index contributed by atoms with van der Waals surface area (Å²) in [6, 6.07) is 10.2. The smallest absolute Gasteiger partial charge is 0.142 e. The Morgan fingerprint density at radius 3 is 2.88 bits per heavy atom. The molecule has 82 valence electrons. The van der Waals surface area contributed by atoms with Crippen molar-refractivity contribution in [3.63, 3.8) is 0 Å². The Morgan fingerprint density at radius 1 is 1.25 bits per heavy atom. The van der Waals surface area contributed by atoms with Crippen LogP contribution in [-0.4, -0.2) is 5.16 Å². The van der Waals surface area contributed by atoms with E-state index in [0.29, 0.717) is 0 Å². The Balaban J connectivity index is 2.13. The fraction of sp³-hybridized carbons (Fsp3) is 0.308. The predicted octanol–water partition coefficient (Wildman–Crippen LogP) is 2.68. The summed E-state index contributed by atoms with van der Waals surface area (Å²) in [6.07, 6.45) is 3.08. The summed E-state index contributed by atoms with van der Waals surface area (Å²) in [6.45, 7) is 0. The summed E-state index contributed by atoms with van der Waals surface area (Å²) >= 11 is 0. The van der Waals surface area contributed by atoms with E-state index < -0.39 is 0 Å². The average Bonchev–Trinajstić information content (AvgIpc) is 2.75. The topological polar surface area (TPSA) is 52.0 Å². The van der Waals surface area contributed by atoms with Gasteiger partial charge >= 0.3 is 0 Å². The Kier molecular flexibility index (Phi) is 2.26. The molecule has 1 atom stereocenters. The Bertz CT molecular complexity index is 490. The quantitative estimate of drug-likeness (QED) is 0.794. The van der Waals surface area contributed by atoms with Crippen LogP contribution >= 0.6 is 0 Å². The molecule has 0 saturated heterocycles. The highest BCUT2D eigenvalue weighted by Crippen LogP contribution is 2.35. The number of hydrogen-bond donors (Lipinski definition) is 1. The molecule has 2 aromatic rings. The summed E-state index contributed by atoms with van der Waals surface area (Å²) in [5, 5.41) is 4.16. The lowest BCUT2D eigenvalue weighted by Gasteiger charge is -2.17. The molecule has 1 heterocycles. The maximum atomic E-state index is 6.13. The number of aromatic nitrogens is 1. The molecule has 0 bridgehead atoms. The predicted molar refractivity (Wildman–Crippen MR) is 61.8 cm³/mol. The van der Waals surface area contributed by atoms with E-state index in [1.807, 2.05) is 30.3 Å². The minimum absolute atomic E-state index is 0.0743. The molecule has 0 fully saturated rings. The molecule has 3 nitrogen and oxygen atoms in total. The second-order valence-corrected chi connectivity index (χ2v) is 4.23. The fourth-order valence-corrected chi connectivity index (χ4v) is 2.32. The van der Waals surface area contributed by atoms with Gasteiger partial charge in [-0.05, 0) is 12.8 Å². The van der Waals surface area contributed by atoms with Crippen LogP contribution in [0.25, 0.3) is 11.3 Å². The van der Waals surface area contributed by atoms with Crippen molar-refractivity contribution in [2.45, 2.75) is 25.3 Å². The largest absolute Gasteiger partial charge is 0.360 e. The molecule has 1 unspecified atom stereocenters. The Labute approximate surface area is 94.2 Å². The first-order valence-electron chi connectivity index (χ1n) is 5.65. The van der Waals surface area contributed by atoms with Gasteiger partial charge in [-0.3, -0.25) is 0 Å². The lowest BCUT2D eigenvalue weighted by atomic mass is 9.90. The second kappa shape index (κ2) is 3.76. The van der Waals surface area contributed by atoms with E-state index in [4.69, 9.17) is 10.3 Å². The van der Waals surface area contributed by atoms with E-state index >= 15 is 0 Å². The standard InChI is InChI=1S/C13H14N2O/c14-10-7-4-8-11-12(10)13(15-16-11)9-5-2-1-3-6-9/h1-3,5-6,10H,4,7-8,14H2. The molecule has 1 aliphatic rings. The Morgan fingerprint density at radius 2 is 2.06 bits per heavy atom. The number of aryl methyl sites for hydroxylation is 1. The molecule has 3 rings (SSSR count). The maximum absolute atomic E-state index is 6.13. The molecule has 0 radical (unpaired) electrons. The van der Waals surface area contributed by atoms with Gasteiger partial charge in [0.15, 0.2) is 0 Å². The van der Waals surface area contributed by atoms with Gasteiger partial charge in [0.05, 0.1) is 0 Å². The van der Waals surface area contributed by atoms with E-state index in [0.717, 1.165) is 41.8 Å². The SMILES string of the molecule is NC1CCCc2onc(-c3ccccc3)c21. The number of nitrogens with two attached hydrogens (primary N) is 1. The van der Waals surface area contributed by atoms with Gasteiger partial charge in [0.1, 0.15) is 11.5 Å². The van der Waals surface area contributed by atoms with Crippen LogP contribution in [0.15, 0.2) is 34.9 Å². The molecule has 1 aromatic heterocycles. The molecular weight excluding hydrogens is 200 g/mol. The lowest BCUT2D eigenvalue weighted by molar-refractivity contribution is 0.366. The second-order valence-electron chi connectivity index (χ2n) is 4.23. The van der Waals surface area contributed by atoms with Crippen molar-refractivity contribution in [3.8, 4) is 11.3 Å². The van der Waals surface area contributed by atoms with Crippen molar-refractivity contribution in [2.24, 2.45) is 5.73 Å². The first-order chi connectivity index (χ1) is 7.86. The fourth-order valence-electron chi connectivity index (χ4n) is 2.32. The van der Waals surface area contributed by atoms with Gasteiger partial charge in [-0.2, -0.15) is 0 Å². The van der Waals surface area contributed by atoms with Crippen LogP contribution in [-0.2, 0) is 6.42 Å². The van der Waals surface area contributed by atoms with Crippen LogP contribution in [0.2, 0.25) is 0 Å². The van der Waals surface area contributed by atoms with E-state index in [2.05, 4.69) is 5.16 Å². The minimum atomic E-state index is 0.0743. The molecule has 0 amide bonds. The molecule has 3 heteroatoms. The molecule has 1 aliphatic carbocycles. The first kappa shape index (κ1) is 9.60. The number of fused-ring (bicyclic) bond motifs is 1. The van der Waals surface area contributed by atoms with Gasteiger partial charge < -0.3 is 10.3 Å². The summed E-state index contributed by atoms with van der Waals surface area (Å²) in [5.41, 5.74) is 9.24.